The van der Waals surface area contributed by atoms with Crippen LogP contribution in [0.2, 0.25) is 0 Å². The number of hydrogen-bond acceptors (Lipinski definition) is 6. The topological polar surface area (TPSA) is 90.7 Å². The highest BCUT2D eigenvalue weighted by molar-refractivity contribution is 7.99. The van der Waals surface area contributed by atoms with Crippen LogP contribution in [0.1, 0.15) is 15.9 Å². The van der Waals surface area contributed by atoms with E-state index in [-0.39, 0.29) is 18.0 Å². The second kappa shape index (κ2) is 7.84. The monoisotopic (exact) mass is 408 g/mol. The summed E-state index contributed by atoms with van der Waals surface area (Å²) in [5.41, 5.74) is 1.70. The van der Waals surface area contributed by atoms with Crippen LogP contribution in [0.25, 0.3) is 0 Å². The molecule has 4 rings (SSSR count). The van der Waals surface area contributed by atoms with E-state index in [0.29, 0.717) is 22.1 Å². The number of hydrogen-bond donors (Lipinski definition) is 1. The molecule has 1 amide bonds. The first kappa shape index (κ1) is 18.8. The molecule has 0 saturated heterocycles. The minimum atomic E-state index is -0.478. The number of carbonyl (C=O) groups is 1. The molecule has 0 saturated carbocycles. The SMILES string of the molecule is Cc1ccc(Sc2ccc(C(=O)Nc3ccc4c(c3)OCO4)cc2[N+](=O)[O-])cc1. The van der Waals surface area contributed by atoms with Crippen LogP contribution in [0, 0.1) is 17.0 Å². The molecule has 1 N–H and O–H groups in total. The van der Waals surface area contributed by atoms with Crippen molar-refractivity contribution < 1.29 is 19.2 Å². The van der Waals surface area contributed by atoms with Crippen LogP contribution in [0.5, 0.6) is 11.5 Å². The molecule has 0 bridgehead atoms. The molecule has 8 heteroatoms. The number of anilines is 1. The number of nitro benzene ring substituents is 1. The lowest BCUT2D eigenvalue weighted by Gasteiger charge is -2.08. The quantitative estimate of drug-likeness (QED) is 0.470. The van der Waals surface area contributed by atoms with Crippen molar-refractivity contribution in [2.24, 2.45) is 0 Å². The average Bonchev–Trinajstić information content (AvgIpc) is 3.17. The van der Waals surface area contributed by atoms with Crippen molar-refractivity contribution in [2.45, 2.75) is 16.7 Å². The van der Waals surface area contributed by atoms with E-state index in [4.69, 9.17) is 9.47 Å². The number of benzene rings is 3. The number of nitrogens with zero attached hydrogens (tertiary/aromatic N) is 1. The van der Waals surface area contributed by atoms with Crippen molar-refractivity contribution in [3.63, 3.8) is 0 Å². The zero-order valence-electron chi connectivity index (χ0n) is 15.4. The molecule has 0 radical (unpaired) electrons. The predicted octanol–water partition coefficient (Wildman–Crippen LogP) is 5.04. The highest BCUT2D eigenvalue weighted by Gasteiger charge is 2.20. The molecule has 0 spiro atoms. The molecule has 0 aromatic heterocycles. The Hall–Kier alpha value is -3.52. The zero-order valence-corrected chi connectivity index (χ0v) is 16.2. The Bertz CT molecular complexity index is 1100. The maximum atomic E-state index is 12.6. The van der Waals surface area contributed by atoms with E-state index in [0.717, 1.165) is 10.5 Å². The maximum Gasteiger partial charge on any atom is 0.284 e. The number of ether oxygens (including phenoxy) is 2. The third-order valence-electron chi connectivity index (χ3n) is 4.30. The molecule has 1 aliphatic heterocycles. The molecule has 7 nitrogen and oxygen atoms in total. The summed E-state index contributed by atoms with van der Waals surface area (Å²) in [7, 11) is 0. The van der Waals surface area contributed by atoms with Crippen LogP contribution >= 0.6 is 11.8 Å². The third-order valence-corrected chi connectivity index (χ3v) is 5.37. The van der Waals surface area contributed by atoms with E-state index in [1.54, 1.807) is 30.3 Å². The molecule has 3 aromatic rings. The number of nitro groups is 1. The third kappa shape index (κ3) is 4.17. The Kier molecular flexibility index (Phi) is 5.09. The van der Waals surface area contributed by atoms with Crippen molar-refractivity contribution in [2.75, 3.05) is 12.1 Å². The minimum Gasteiger partial charge on any atom is -0.454 e. The van der Waals surface area contributed by atoms with Crippen LogP contribution < -0.4 is 14.8 Å². The lowest BCUT2D eigenvalue weighted by Crippen LogP contribution is -2.12. The Balaban J connectivity index is 1.56. The molecule has 29 heavy (non-hydrogen) atoms. The van der Waals surface area contributed by atoms with Gasteiger partial charge in [0.05, 0.1) is 9.82 Å². The number of rotatable bonds is 5. The summed E-state index contributed by atoms with van der Waals surface area (Å²) < 4.78 is 10.5. The molecule has 1 heterocycles. The highest BCUT2D eigenvalue weighted by atomic mass is 32.2. The summed E-state index contributed by atoms with van der Waals surface area (Å²) in [5, 5.41) is 14.3. The number of aryl methyl sites for hydroxylation is 1. The molecule has 0 unspecified atom stereocenters. The molecule has 1 aliphatic rings. The van der Waals surface area contributed by atoms with Gasteiger partial charge in [-0.15, -0.1) is 0 Å². The van der Waals surface area contributed by atoms with Gasteiger partial charge in [-0.1, -0.05) is 29.5 Å². The van der Waals surface area contributed by atoms with Gasteiger partial charge in [-0.2, -0.15) is 0 Å². The van der Waals surface area contributed by atoms with Gasteiger partial charge in [-0.3, -0.25) is 14.9 Å². The van der Waals surface area contributed by atoms with Crippen molar-refractivity contribution in [1.82, 2.24) is 0 Å². The van der Waals surface area contributed by atoms with Crippen LogP contribution in [0.3, 0.4) is 0 Å². The van der Waals surface area contributed by atoms with Gasteiger partial charge < -0.3 is 14.8 Å². The fraction of sp³-hybridized carbons (Fsp3) is 0.0952. The second-order valence-electron chi connectivity index (χ2n) is 6.38. The lowest BCUT2D eigenvalue weighted by atomic mass is 10.2. The standard InChI is InChI=1S/C21H16N2O5S/c1-13-2-6-16(7-3-13)29-20-9-4-14(10-17(20)23(25)26)21(24)22-15-5-8-18-19(11-15)28-12-27-18/h2-11H,12H2,1H3,(H,22,24). The fourth-order valence-electron chi connectivity index (χ4n) is 2.80. The Morgan fingerprint density at radius 3 is 2.55 bits per heavy atom. The van der Waals surface area contributed by atoms with Gasteiger partial charge >= 0.3 is 0 Å². The van der Waals surface area contributed by atoms with Crippen LogP contribution in [0.15, 0.2) is 70.5 Å². The van der Waals surface area contributed by atoms with E-state index >= 15 is 0 Å². The Morgan fingerprint density at radius 1 is 1.03 bits per heavy atom. The maximum absolute atomic E-state index is 12.6. The van der Waals surface area contributed by atoms with Gasteiger partial charge in [-0.25, -0.2) is 0 Å². The van der Waals surface area contributed by atoms with E-state index in [2.05, 4.69) is 5.32 Å². The normalized spacial score (nSPS) is 11.9. The van der Waals surface area contributed by atoms with Gasteiger partial charge in [0.1, 0.15) is 0 Å². The summed E-state index contributed by atoms with van der Waals surface area (Å²) in [5.74, 6) is 0.702. The first-order valence-electron chi connectivity index (χ1n) is 8.73. The Labute approximate surface area is 170 Å². The summed E-state index contributed by atoms with van der Waals surface area (Å²) >= 11 is 1.29. The van der Waals surface area contributed by atoms with E-state index in [9.17, 15) is 14.9 Å². The van der Waals surface area contributed by atoms with E-state index in [1.807, 2.05) is 31.2 Å². The molecule has 3 aromatic carbocycles. The van der Waals surface area contributed by atoms with Crippen molar-refractivity contribution in [3.05, 3.63) is 81.9 Å². The minimum absolute atomic E-state index is 0.117. The molecule has 0 fully saturated rings. The second-order valence-corrected chi connectivity index (χ2v) is 7.49. The number of carbonyl (C=O) groups excluding carboxylic acids is 1. The summed E-state index contributed by atoms with van der Waals surface area (Å²) in [6.07, 6.45) is 0. The van der Waals surface area contributed by atoms with Gasteiger partial charge in [0.25, 0.3) is 11.6 Å². The number of amides is 1. The van der Waals surface area contributed by atoms with Gasteiger partial charge in [-0.05, 0) is 43.3 Å². The lowest BCUT2D eigenvalue weighted by molar-refractivity contribution is -0.387. The van der Waals surface area contributed by atoms with Crippen LogP contribution in [-0.2, 0) is 0 Å². The summed E-state index contributed by atoms with van der Waals surface area (Å²) in [6.45, 7) is 2.11. The van der Waals surface area contributed by atoms with Crippen molar-refractivity contribution in [3.8, 4) is 11.5 Å². The fourth-order valence-corrected chi connectivity index (χ4v) is 3.70. The van der Waals surface area contributed by atoms with E-state index in [1.165, 1.54) is 17.8 Å². The average molecular weight is 408 g/mol. The highest BCUT2D eigenvalue weighted by Crippen LogP contribution is 2.36. The van der Waals surface area contributed by atoms with Gasteiger partial charge in [0, 0.05) is 28.3 Å². The molecular weight excluding hydrogens is 392 g/mol. The van der Waals surface area contributed by atoms with E-state index < -0.39 is 10.8 Å². The smallest absolute Gasteiger partial charge is 0.284 e. The largest absolute Gasteiger partial charge is 0.454 e. The summed E-state index contributed by atoms with van der Waals surface area (Å²) in [4.78, 5) is 25.0. The number of fused-ring (bicyclic) bond motifs is 1. The van der Waals surface area contributed by atoms with Crippen molar-refractivity contribution >= 4 is 29.0 Å². The van der Waals surface area contributed by atoms with Crippen molar-refractivity contribution in [1.29, 1.82) is 0 Å². The van der Waals surface area contributed by atoms with Crippen LogP contribution in [-0.4, -0.2) is 17.6 Å². The number of nitrogens with one attached hydrogen (secondary N) is 1. The predicted molar refractivity (Wildman–Crippen MR) is 109 cm³/mol. The molecule has 0 aliphatic carbocycles. The van der Waals surface area contributed by atoms with Gasteiger partial charge in [0.15, 0.2) is 11.5 Å². The first-order valence-corrected chi connectivity index (χ1v) is 9.55. The van der Waals surface area contributed by atoms with Crippen LogP contribution in [0.4, 0.5) is 11.4 Å². The molecule has 146 valence electrons. The molecular formula is C21H16N2O5S. The Morgan fingerprint density at radius 2 is 1.79 bits per heavy atom. The zero-order chi connectivity index (χ0) is 20.4. The molecule has 0 atom stereocenters. The summed E-state index contributed by atoms with van der Waals surface area (Å²) in [6, 6.07) is 17.2. The van der Waals surface area contributed by atoms with Gasteiger partial charge in [0.2, 0.25) is 6.79 Å². The first-order chi connectivity index (χ1) is 14.0.